The standard InChI is InChI=1S/C11H22N2O4/c1-9(11(15)16)7-13(2)8-10(14)12-5-4-6-17-3/h9H,4-8H2,1-3H3,(H,12,14)(H,15,16). The minimum atomic E-state index is -0.850. The SMILES string of the molecule is COCCCNC(=O)CN(C)CC(C)C(=O)O. The molecule has 0 aliphatic rings. The topological polar surface area (TPSA) is 78.9 Å². The third kappa shape index (κ3) is 8.65. The maximum Gasteiger partial charge on any atom is 0.307 e. The molecule has 17 heavy (non-hydrogen) atoms. The molecule has 0 aliphatic heterocycles. The Balaban J connectivity index is 3.69. The summed E-state index contributed by atoms with van der Waals surface area (Å²) in [7, 11) is 3.34. The monoisotopic (exact) mass is 246 g/mol. The Hall–Kier alpha value is -1.14. The molecule has 100 valence electrons. The summed E-state index contributed by atoms with van der Waals surface area (Å²) in [4.78, 5) is 23.7. The molecule has 1 amide bonds. The van der Waals surface area contributed by atoms with Gasteiger partial charge in [0.25, 0.3) is 0 Å². The van der Waals surface area contributed by atoms with Gasteiger partial charge in [0.15, 0.2) is 0 Å². The maximum atomic E-state index is 11.4. The van der Waals surface area contributed by atoms with Crippen LogP contribution >= 0.6 is 0 Å². The van der Waals surface area contributed by atoms with Crippen molar-refractivity contribution in [2.24, 2.45) is 5.92 Å². The fourth-order valence-corrected chi connectivity index (χ4v) is 1.36. The fourth-order valence-electron chi connectivity index (χ4n) is 1.36. The van der Waals surface area contributed by atoms with Gasteiger partial charge in [0.2, 0.25) is 5.91 Å². The first-order valence-electron chi connectivity index (χ1n) is 5.64. The normalized spacial score (nSPS) is 12.5. The van der Waals surface area contributed by atoms with Crippen LogP contribution in [0.15, 0.2) is 0 Å². The van der Waals surface area contributed by atoms with Gasteiger partial charge in [-0.15, -0.1) is 0 Å². The van der Waals surface area contributed by atoms with Gasteiger partial charge in [-0.2, -0.15) is 0 Å². The molecular weight excluding hydrogens is 224 g/mol. The van der Waals surface area contributed by atoms with Gasteiger partial charge in [-0.3, -0.25) is 14.5 Å². The Labute approximate surface area is 102 Å². The molecular formula is C11H22N2O4. The highest BCUT2D eigenvalue weighted by Gasteiger charge is 2.15. The predicted octanol–water partition coefficient (Wildman–Crippen LogP) is -0.208. The molecule has 6 heteroatoms. The van der Waals surface area contributed by atoms with Gasteiger partial charge < -0.3 is 15.2 Å². The summed E-state index contributed by atoms with van der Waals surface area (Å²) < 4.78 is 4.86. The fraction of sp³-hybridized carbons (Fsp3) is 0.818. The summed E-state index contributed by atoms with van der Waals surface area (Å²) in [6, 6.07) is 0. The largest absolute Gasteiger partial charge is 0.481 e. The van der Waals surface area contributed by atoms with Gasteiger partial charge in [0, 0.05) is 26.8 Å². The zero-order valence-electron chi connectivity index (χ0n) is 10.7. The molecule has 0 aromatic carbocycles. The smallest absolute Gasteiger partial charge is 0.307 e. The minimum absolute atomic E-state index is 0.0961. The molecule has 0 rings (SSSR count). The molecule has 0 radical (unpaired) electrons. The number of likely N-dealkylation sites (N-methyl/N-ethyl adjacent to an activating group) is 1. The van der Waals surface area contributed by atoms with Crippen LogP contribution < -0.4 is 5.32 Å². The number of aliphatic carboxylic acids is 1. The number of carboxylic acids is 1. The lowest BCUT2D eigenvalue weighted by Crippen LogP contribution is -2.38. The van der Waals surface area contributed by atoms with E-state index in [2.05, 4.69) is 5.32 Å². The number of rotatable bonds is 9. The van der Waals surface area contributed by atoms with E-state index >= 15 is 0 Å². The molecule has 0 saturated carbocycles. The van der Waals surface area contributed by atoms with Crippen LogP contribution in [0.3, 0.4) is 0 Å². The Morgan fingerprint density at radius 2 is 2.12 bits per heavy atom. The van der Waals surface area contributed by atoms with E-state index in [1.807, 2.05) is 0 Å². The Morgan fingerprint density at radius 1 is 1.47 bits per heavy atom. The third-order valence-corrected chi connectivity index (χ3v) is 2.27. The molecule has 0 aromatic rings. The van der Waals surface area contributed by atoms with E-state index in [4.69, 9.17) is 9.84 Å². The van der Waals surface area contributed by atoms with E-state index in [1.54, 1.807) is 26.0 Å². The number of carbonyl (C=O) groups is 2. The number of methoxy groups -OCH3 is 1. The Morgan fingerprint density at radius 3 is 2.65 bits per heavy atom. The summed E-state index contributed by atoms with van der Waals surface area (Å²) in [6.45, 7) is 3.39. The van der Waals surface area contributed by atoms with Crippen molar-refractivity contribution in [1.29, 1.82) is 0 Å². The summed E-state index contributed by atoms with van der Waals surface area (Å²) in [6.07, 6.45) is 0.775. The van der Waals surface area contributed by atoms with Crippen LogP contribution in [0.4, 0.5) is 0 Å². The van der Waals surface area contributed by atoms with Crippen LogP contribution in [-0.2, 0) is 14.3 Å². The third-order valence-electron chi connectivity index (χ3n) is 2.27. The van der Waals surface area contributed by atoms with E-state index in [-0.39, 0.29) is 12.5 Å². The Kier molecular flexibility index (Phi) is 8.35. The summed E-state index contributed by atoms with van der Waals surface area (Å²) >= 11 is 0. The number of ether oxygens (including phenoxy) is 1. The number of hydrogen-bond acceptors (Lipinski definition) is 4. The lowest BCUT2D eigenvalue weighted by molar-refractivity contribution is -0.142. The molecule has 6 nitrogen and oxygen atoms in total. The van der Waals surface area contributed by atoms with Crippen molar-refractivity contribution in [2.75, 3.05) is 40.4 Å². The van der Waals surface area contributed by atoms with E-state index in [1.165, 1.54) is 0 Å². The summed E-state index contributed by atoms with van der Waals surface area (Å²) in [5.41, 5.74) is 0. The number of amides is 1. The average Bonchev–Trinajstić information content (AvgIpc) is 2.24. The van der Waals surface area contributed by atoms with Crippen LogP contribution in [0.1, 0.15) is 13.3 Å². The van der Waals surface area contributed by atoms with Crippen molar-refractivity contribution in [2.45, 2.75) is 13.3 Å². The lowest BCUT2D eigenvalue weighted by atomic mass is 10.2. The van der Waals surface area contributed by atoms with Crippen molar-refractivity contribution in [3.05, 3.63) is 0 Å². The van der Waals surface area contributed by atoms with E-state index in [9.17, 15) is 9.59 Å². The lowest BCUT2D eigenvalue weighted by Gasteiger charge is -2.18. The van der Waals surface area contributed by atoms with Crippen molar-refractivity contribution < 1.29 is 19.4 Å². The first-order valence-corrected chi connectivity index (χ1v) is 5.64. The summed E-state index contributed by atoms with van der Waals surface area (Å²) in [5.74, 6) is -1.42. The van der Waals surface area contributed by atoms with E-state index in [0.29, 0.717) is 19.7 Å². The molecule has 0 heterocycles. The van der Waals surface area contributed by atoms with Crippen molar-refractivity contribution in [3.63, 3.8) is 0 Å². The molecule has 1 unspecified atom stereocenters. The second kappa shape index (κ2) is 8.95. The molecule has 0 spiro atoms. The molecule has 0 aliphatic carbocycles. The van der Waals surface area contributed by atoms with Gasteiger partial charge in [0.1, 0.15) is 0 Å². The molecule has 2 N–H and O–H groups in total. The van der Waals surface area contributed by atoms with Crippen molar-refractivity contribution >= 4 is 11.9 Å². The number of hydrogen-bond donors (Lipinski definition) is 2. The predicted molar refractivity (Wildman–Crippen MR) is 63.8 cm³/mol. The highest BCUT2D eigenvalue weighted by Crippen LogP contribution is 1.97. The van der Waals surface area contributed by atoms with Crippen LogP contribution in [0.25, 0.3) is 0 Å². The zero-order chi connectivity index (χ0) is 13.3. The summed E-state index contributed by atoms with van der Waals surface area (Å²) in [5, 5.41) is 11.5. The second-order valence-electron chi connectivity index (χ2n) is 4.13. The van der Waals surface area contributed by atoms with Crippen LogP contribution in [-0.4, -0.2) is 62.3 Å². The van der Waals surface area contributed by atoms with Gasteiger partial charge in [0.05, 0.1) is 12.5 Å². The second-order valence-corrected chi connectivity index (χ2v) is 4.13. The number of carboxylic acid groups (broad SMARTS) is 1. The van der Waals surface area contributed by atoms with Crippen LogP contribution in [0, 0.1) is 5.92 Å². The molecule has 0 bridgehead atoms. The maximum absolute atomic E-state index is 11.4. The highest BCUT2D eigenvalue weighted by molar-refractivity contribution is 5.78. The first-order chi connectivity index (χ1) is 7.97. The highest BCUT2D eigenvalue weighted by atomic mass is 16.5. The van der Waals surface area contributed by atoms with E-state index in [0.717, 1.165) is 6.42 Å². The van der Waals surface area contributed by atoms with Crippen LogP contribution in [0.2, 0.25) is 0 Å². The van der Waals surface area contributed by atoms with Gasteiger partial charge in [-0.1, -0.05) is 6.92 Å². The van der Waals surface area contributed by atoms with Crippen molar-refractivity contribution in [3.8, 4) is 0 Å². The molecule has 0 aromatic heterocycles. The number of carbonyl (C=O) groups excluding carboxylic acids is 1. The van der Waals surface area contributed by atoms with Gasteiger partial charge in [-0.25, -0.2) is 0 Å². The quantitative estimate of drug-likeness (QED) is 0.550. The molecule has 1 atom stereocenters. The molecule has 0 saturated heterocycles. The minimum Gasteiger partial charge on any atom is -0.481 e. The van der Waals surface area contributed by atoms with Crippen molar-refractivity contribution in [1.82, 2.24) is 10.2 Å². The first kappa shape index (κ1) is 15.9. The zero-order valence-corrected chi connectivity index (χ0v) is 10.7. The Bertz CT molecular complexity index is 246. The molecule has 0 fully saturated rings. The average molecular weight is 246 g/mol. The van der Waals surface area contributed by atoms with E-state index < -0.39 is 11.9 Å². The number of nitrogens with zero attached hydrogens (tertiary/aromatic N) is 1. The van der Waals surface area contributed by atoms with Crippen LogP contribution in [0.5, 0.6) is 0 Å². The number of nitrogens with one attached hydrogen (secondary N) is 1. The van der Waals surface area contributed by atoms with Gasteiger partial charge >= 0.3 is 5.97 Å². The van der Waals surface area contributed by atoms with Gasteiger partial charge in [-0.05, 0) is 13.5 Å².